The average molecular weight is 456 g/mol. The van der Waals surface area contributed by atoms with Crippen LogP contribution in [0.4, 0.5) is 4.79 Å². The van der Waals surface area contributed by atoms with E-state index in [1.807, 2.05) is 0 Å². The van der Waals surface area contributed by atoms with Gasteiger partial charge in [0.2, 0.25) is 0 Å². The van der Waals surface area contributed by atoms with Crippen molar-refractivity contribution in [1.29, 1.82) is 0 Å². The lowest BCUT2D eigenvalue weighted by molar-refractivity contribution is -0.354. The highest BCUT2D eigenvalue weighted by molar-refractivity contribution is 7.90. The molecular formula is C18H24N4O8S. The van der Waals surface area contributed by atoms with Crippen LogP contribution >= 0.6 is 0 Å². The molecule has 0 bridgehead atoms. The van der Waals surface area contributed by atoms with Crippen LogP contribution in [0.3, 0.4) is 0 Å². The number of benzene rings is 1. The molecule has 0 heterocycles. The summed E-state index contributed by atoms with van der Waals surface area (Å²) in [5, 5.41) is 23.0. The van der Waals surface area contributed by atoms with Gasteiger partial charge in [0.1, 0.15) is 22.6 Å². The van der Waals surface area contributed by atoms with Crippen molar-refractivity contribution in [2.24, 2.45) is 10.9 Å². The van der Waals surface area contributed by atoms with E-state index in [1.165, 1.54) is 24.3 Å². The van der Waals surface area contributed by atoms with Crippen molar-refractivity contribution in [3.8, 4) is 0 Å². The highest BCUT2D eigenvalue weighted by Crippen LogP contribution is 2.44. The number of nitrogens with one attached hydrogen (secondary N) is 2. The molecule has 1 fully saturated rings. The van der Waals surface area contributed by atoms with Crippen LogP contribution < -0.4 is 10.0 Å². The number of nitrogens with zero attached hydrogens (tertiary/aromatic N) is 2. The number of carbonyl (C=O) groups is 2. The van der Waals surface area contributed by atoms with Crippen molar-refractivity contribution in [2.45, 2.75) is 50.2 Å². The van der Waals surface area contributed by atoms with E-state index in [4.69, 9.17) is 4.74 Å². The lowest BCUT2D eigenvalue weighted by Gasteiger charge is -2.22. The molecular weight excluding hydrogens is 432 g/mol. The van der Waals surface area contributed by atoms with Gasteiger partial charge in [-0.15, -0.1) is 4.99 Å². The van der Waals surface area contributed by atoms with Gasteiger partial charge < -0.3 is 25.3 Å². The van der Waals surface area contributed by atoms with E-state index in [9.17, 15) is 33.2 Å². The molecule has 12 nitrogen and oxygen atoms in total. The number of sulfonamides is 1. The number of aryl methyl sites for hydroxylation is 1. The van der Waals surface area contributed by atoms with E-state index in [0.29, 0.717) is 0 Å². The largest absolute Gasteiger partial charge is 0.479 e. The van der Waals surface area contributed by atoms with Crippen LogP contribution in [-0.4, -0.2) is 54.2 Å². The second-order valence-electron chi connectivity index (χ2n) is 8.14. The van der Waals surface area contributed by atoms with E-state index in [1.54, 1.807) is 32.4 Å². The zero-order chi connectivity index (χ0) is 23.6. The predicted molar refractivity (Wildman–Crippen MR) is 109 cm³/mol. The van der Waals surface area contributed by atoms with Gasteiger partial charge in [0.25, 0.3) is 0 Å². The Bertz CT molecular complexity index is 1010. The Hall–Kier alpha value is -3.22. The third-order valence-corrected chi connectivity index (χ3v) is 5.75. The minimum atomic E-state index is -4.26. The molecule has 0 saturated heterocycles. The first-order valence-corrected chi connectivity index (χ1v) is 10.7. The highest BCUT2D eigenvalue weighted by atomic mass is 32.2. The summed E-state index contributed by atoms with van der Waals surface area (Å²) in [7, 11) is -4.26. The molecule has 0 spiro atoms. The Morgan fingerprint density at radius 2 is 1.90 bits per heavy atom. The molecule has 2 rings (SSSR count). The zero-order valence-electron chi connectivity index (χ0n) is 17.4. The molecule has 170 valence electrons. The van der Waals surface area contributed by atoms with Crippen LogP contribution in [0.1, 0.15) is 32.8 Å². The summed E-state index contributed by atoms with van der Waals surface area (Å²) < 4.78 is 31.6. The minimum Gasteiger partial charge on any atom is -0.479 e. The minimum absolute atomic E-state index is 0.0409. The smallest absolute Gasteiger partial charge is 0.437 e. The third kappa shape index (κ3) is 6.13. The maximum atomic E-state index is 12.4. The summed E-state index contributed by atoms with van der Waals surface area (Å²) in [6.07, 6.45) is -0.989. The van der Waals surface area contributed by atoms with Gasteiger partial charge in [-0.2, -0.15) is 13.1 Å². The molecule has 1 saturated carbocycles. The Kier molecular flexibility index (Phi) is 6.59. The lowest BCUT2D eigenvalue weighted by atomic mass is 10.2. The highest BCUT2D eigenvalue weighted by Gasteiger charge is 2.63. The summed E-state index contributed by atoms with van der Waals surface area (Å²) in [6, 6.07) is 5.64. The van der Waals surface area contributed by atoms with Gasteiger partial charge in [-0.25, -0.2) is 9.59 Å². The molecule has 1 aliphatic carbocycles. The summed E-state index contributed by atoms with van der Waals surface area (Å²) in [4.78, 5) is 37.3. The lowest BCUT2D eigenvalue weighted by Crippen LogP contribution is -2.47. The molecule has 0 aliphatic heterocycles. The first-order valence-electron chi connectivity index (χ1n) is 9.19. The Balaban J connectivity index is 2.13. The predicted octanol–water partition coefficient (Wildman–Crippen LogP) is 1.27. The SMILES string of the molecule is Cc1ccc(S(=O)(=O)NC(=NC[C@@H]2C[C@]2(NC(=O)OC(C)(C)C)C(=O)O)[N+](=O)[O-])cc1. The quantitative estimate of drug-likeness (QED) is 0.248. The van der Waals surface area contributed by atoms with Crippen LogP contribution in [0.25, 0.3) is 0 Å². The second kappa shape index (κ2) is 8.49. The zero-order valence-corrected chi connectivity index (χ0v) is 18.2. The van der Waals surface area contributed by atoms with E-state index < -0.39 is 56.6 Å². The molecule has 3 N–H and O–H groups in total. The number of hydrogen-bond donors (Lipinski definition) is 3. The van der Waals surface area contributed by atoms with Crippen LogP contribution in [0.2, 0.25) is 0 Å². The number of nitro groups is 1. The average Bonchev–Trinajstić information content (AvgIpc) is 3.31. The first kappa shape index (κ1) is 24.1. The molecule has 1 amide bonds. The summed E-state index contributed by atoms with van der Waals surface area (Å²) in [6.45, 7) is 6.19. The second-order valence-corrected chi connectivity index (χ2v) is 9.83. The van der Waals surface area contributed by atoms with Crippen molar-refractivity contribution in [3.63, 3.8) is 0 Å². The van der Waals surface area contributed by atoms with Crippen LogP contribution in [0.15, 0.2) is 34.2 Å². The molecule has 2 atom stereocenters. The number of carboxylic acids is 1. The molecule has 0 unspecified atom stereocenters. The maximum absolute atomic E-state index is 12.4. The van der Waals surface area contributed by atoms with Gasteiger partial charge in [0, 0.05) is 5.92 Å². The van der Waals surface area contributed by atoms with Crippen molar-refractivity contribution in [3.05, 3.63) is 39.9 Å². The van der Waals surface area contributed by atoms with Crippen LogP contribution in [0, 0.1) is 23.0 Å². The standard InChI is InChI=1S/C18H24N4O8S/c1-11-5-7-13(8-6-11)31(28,29)21-15(22(26)27)19-10-12-9-18(12,14(23)24)20-16(25)30-17(2,3)4/h5-8,12H,9-10H2,1-4H3,(H,19,21)(H,20,25)(H,23,24)/t12-,18+/m0/s1. The number of alkyl carbamates (subject to hydrolysis) is 1. The number of guanidine groups is 1. The maximum Gasteiger partial charge on any atom is 0.437 e. The van der Waals surface area contributed by atoms with Gasteiger partial charge in [-0.1, -0.05) is 17.7 Å². The fraction of sp³-hybridized carbons (Fsp3) is 0.500. The molecule has 1 aromatic carbocycles. The first-order chi connectivity index (χ1) is 14.2. The van der Waals surface area contributed by atoms with Crippen molar-refractivity contribution in [1.82, 2.24) is 10.0 Å². The molecule has 0 radical (unpaired) electrons. The van der Waals surface area contributed by atoms with Gasteiger partial charge in [-0.3, -0.25) is 0 Å². The number of rotatable bonds is 6. The Morgan fingerprint density at radius 3 is 2.39 bits per heavy atom. The number of carboxylic acid groups (broad SMARTS) is 1. The summed E-state index contributed by atoms with van der Waals surface area (Å²) in [5.74, 6) is -3.18. The van der Waals surface area contributed by atoms with Crippen LogP contribution in [0.5, 0.6) is 0 Å². The van der Waals surface area contributed by atoms with E-state index in [2.05, 4.69) is 10.3 Å². The van der Waals surface area contributed by atoms with Gasteiger partial charge in [0.15, 0.2) is 0 Å². The summed E-state index contributed by atoms with van der Waals surface area (Å²) >= 11 is 0. The van der Waals surface area contributed by atoms with E-state index in [0.717, 1.165) is 5.56 Å². The van der Waals surface area contributed by atoms with Gasteiger partial charge >= 0.3 is 28.0 Å². The Morgan fingerprint density at radius 1 is 1.32 bits per heavy atom. The Labute approximate surface area is 178 Å². The third-order valence-electron chi connectivity index (χ3n) is 4.40. The van der Waals surface area contributed by atoms with Gasteiger partial charge in [0.05, 0.1) is 0 Å². The molecule has 1 aromatic rings. The van der Waals surface area contributed by atoms with Crippen LogP contribution in [-0.2, 0) is 19.6 Å². The molecule has 31 heavy (non-hydrogen) atoms. The monoisotopic (exact) mass is 456 g/mol. The fourth-order valence-electron chi connectivity index (χ4n) is 2.72. The molecule has 1 aliphatic rings. The van der Waals surface area contributed by atoms with E-state index >= 15 is 0 Å². The van der Waals surface area contributed by atoms with Crippen molar-refractivity contribution in [2.75, 3.05) is 6.54 Å². The number of amides is 1. The topological polar surface area (TPSA) is 177 Å². The molecule has 0 aromatic heterocycles. The number of aliphatic carboxylic acids is 1. The van der Waals surface area contributed by atoms with Crippen molar-refractivity contribution >= 4 is 28.0 Å². The number of ether oxygens (including phenoxy) is 1. The fourth-order valence-corrected chi connectivity index (χ4v) is 3.72. The summed E-state index contributed by atoms with van der Waals surface area (Å²) in [5.41, 5.74) is -1.73. The number of hydrogen-bond acceptors (Lipinski definition) is 8. The van der Waals surface area contributed by atoms with Crippen molar-refractivity contribution < 1.29 is 32.8 Å². The number of carbonyl (C=O) groups excluding carboxylic acids is 1. The normalized spacial score (nSPS) is 21.2. The molecule has 13 heteroatoms. The van der Waals surface area contributed by atoms with E-state index in [-0.39, 0.29) is 11.3 Å². The van der Waals surface area contributed by atoms with Gasteiger partial charge in [-0.05, 0) is 51.2 Å². The number of aliphatic imine (C=N–C) groups is 1.